The average Bonchev–Trinajstić information content (AvgIpc) is 2.86. The van der Waals surface area contributed by atoms with E-state index in [1.165, 1.54) is 0 Å². The molecule has 1 fully saturated rings. The SMILES string of the molecule is Cc1oc(CN2CCC(OCCO)CC2)cc1C(=O)NN. The number of likely N-dealkylation sites (tertiary alicyclic amines) is 1. The normalized spacial score (nSPS) is 17.1. The van der Waals surface area contributed by atoms with Crippen molar-refractivity contribution < 1.29 is 19.1 Å². The summed E-state index contributed by atoms with van der Waals surface area (Å²) in [5.41, 5.74) is 2.60. The summed E-state index contributed by atoms with van der Waals surface area (Å²) in [4.78, 5) is 13.8. The summed E-state index contributed by atoms with van der Waals surface area (Å²) >= 11 is 0. The third-order valence-electron chi connectivity index (χ3n) is 3.70. The van der Waals surface area contributed by atoms with Crippen LogP contribution >= 0.6 is 0 Å². The standard InChI is InChI=1S/C14H23N3O4/c1-10-13(14(19)16-15)8-12(21-10)9-17-4-2-11(3-5-17)20-7-6-18/h8,11,18H,2-7,9,15H2,1H3,(H,16,19). The van der Waals surface area contributed by atoms with Gasteiger partial charge in [0.25, 0.3) is 5.91 Å². The van der Waals surface area contributed by atoms with E-state index in [1.807, 2.05) is 0 Å². The Morgan fingerprint density at radius 3 is 2.90 bits per heavy atom. The average molecular weight is 297 g/mol. The van der Waals surface area contributed by atoms with Crippen LogP contribution in [-0.2, 0) is 11.3 Å². The van der Waals surface area contributed by atoms with Gasteiger partial charge in [-0.05, 0) is 25.8 Å². The van der Waals surface area contributed by atoms with E-state index in [0.29, 0.717) is 24.5 Å². The van der Waals surface area contributed by atoms with Crippen LogP contribution in [0.1, 0.15) is 34.7 Å². The van der Waals surface area contributed by atoms with Crippen molar-refractivity contribution in [1.29, 1.82) is 0 Å². The van der Waals surface area contributed by atoms with E-state index in [-0.39, 0.29) is 18.6 Å². The summed E-state index contributed by atoms with van der Waals surface area (Å²) in [6.07, 6.45) is 2.11. The molecule has 2 rings (SSSR count). The number of ether oxygens (including phenoxy) is 1. The fourth-order valence-corrected chi connectivity index (χ4v) is 2.60. The van der Waals surface area contributed by atoms with Crippen molar-refractivity contribution in [3.8, 4) is 0 Å². The highest BCUT2D eigenvalue weighted by Crippen LogP contribution is 2.19. The van der Waals surface area contributed by atoms with Gasteiger partial charge in [-0.25, -0.2) is 5.84 Å². The smallest absolute Gasteiger partial charge is 0.268 e. The van der Waals surface area contributed by atoms with Gasteiger partial charge in [-0.3, -0.25) is 15.1 Å². The molecule has 1 aromatic heterocycles. The fourth-order valence-electron chi connectivity index (χ4n) is 2.60. The Morgan fingerprint density at radius 2 is 2.29 bits per heavy atom. The molecule has 0 bridgehead atoms. The summed E-state index contributed by atoms with van der Waals surface area (Å²) in [5, 5.41) is 8.75. The lowest BCUT2D eigenvalue weighted by atomic mass is 10.1. The van der Waals surface area contributed by atoms with E-state index < -0.39 is 0 Å². The number of aliphatic hydroxyl groups excluding tert-OH is 1. The molecule has 1 aliphatic rings. The molecule has 0 aromatic carbocycles. The molecule has 4 N–H and O–H groups in total. The molecule has 0 atom stereocenters. The minimum Gasteiger partial charge on any atom is -0.464 e. The van der Waals surface area contributed by atoms with Gasteiger partial charge < -0.3 is 14.3 Å². The predicted molar refractivity (Wildman–Crippen MR) is 76.4 cm³/mol. The van der Waals surface area contributed by atoms with Crippen LogP contribution in [0.5, 0.6) is 0 Å². The summed E-state index contributed by atoms with van der Waals surface area (Å²) in [6, 6.07) is 1.74. The number of nitrogens with zero attached hydrogens (tertiary/aromatic N) is 1. The first kappa shape index (κ1) is 16.0. The number of nitrogen functional groups attached to an aromatic ring is 1. The zero-order valence-corrected chi connectivity index (χ0v) is 12.3. The lowest BCUT2D eigenvalue weighted by Crippen LogP contribution is -2.36. The van der Waals surface area contributed by atoms with Gasteiger partial charge in [-0.15, -0.1) is 0 Å². The van der Waals surface area contributed by atoms with Crippen molar-refractivity contribution in [2.45, 2.75) is 32.4 Å². The quantitative estimate of drug-likeness (QED) is 0.393. The minimum absolute atomic E-state index is 0.0673. The van der Waals surface area contributed by atoms with Gasteiger partial charge in [-0.1, -0.05) is 0 Å². The van der Waals surface area contributed by atoms with Gasteiger partial charge in [-0.2, -0.15) is 0 Å². The molecular weight excluding hydrogens is 274 g/mol. The number of carbonyl (C=O) groups is 1. The van der Waals surface area contributed by atoms with E-state index >= 15 is 0 Å². The van der Waals surface area contributed by atoms with Gasteiger partial charge in [0.15, 0.2) is 0 Å². The van der Waals surface area contributed by atoms with Crippen molar-refractivity contribution in [1.82, 2.24) is 10.3 Å². The van der Waals surface area contributed by atoms with Crippen LogP contribution in [0.15, 0.2) is 10.5 Å². The number of furan rings is 1. The molecule has 1 aromatic rings. The second kappa shape index (κ2) is 7.56. The Hall–Kier alpha value is -1.41. The maximum absolute atomic E-state index is 11.5. The molecular formula is C14H23N3O4. The van der Waals surface area contributed by atoms with Crippen LogP contribution in [0.2, 0.25) is 0 Å². The van der Waals surface area contributed by atoms with Crippen LogP contribution in [-0.4, -0.2) is 48.3 Å². The second-order valence-corrected chi connectivity index (χ2v) is 5.23. The first-order valence-electron chi connectivity index (χ1n) is 7.19. The minimum atomic E-state index is -0.335. The number of carbonyl (C=O) groups excluding carboxylic acids is 1. The van der Waals surface area contributed by atoms with Crippen molar-refractivity contribution >= 4 is 5.91 Å². The summed E-state index contributed by atoms with van der Waals surface area (Å²) in [6.45, 7) is 4.72. The molecule has 1 amide bonds. The highest BCUT2D eigenvalue weighted by atomic mass is 16.5. The molecule has 2 heterocycles. The van der Waals surface area contributed by atoms with E-state index in [4.69, 9.17) is 20.1 Å². The van der Waals surface area contributed by atoms with E-state index in [1.54, 1.807) is 13.0 Å². The largest absolute Gasteiger partial charge is 0.464 e. The predicted octanol–water partition coefficient (Wildman–Crippen LogP) is 0.165. The van der Waals surface area contributed by atoms with Crippen molar-refractivity contribution in [2.75, 3.05) is 26.3 Å². The van der Waals surface area contributed by atoms with Crippen LogP contribution in [0.3, 0.4) is 0 Å². The highest BCUT2D eigenvalue weighted by Gasteiger charge is 2.21. The van der Waals surface area contributed by atoms with Gasteiger partial charge in [0.1, 0.15) is 11.5 Å². The number of rotatable bonds is 6. The molecule has 0 aliphatic carbocycles. The summed E-state index contributed by atoms with van der Waals surface area (Å²) in [5.74, 6) is 6.15. The number of hydrogen-bond acceptors (Lipinski definition) is 6. The molecule has 0 spiro atoms. The number of hydrazine groups is 1. The number of hydrogen-bond donors (Lipinski definition) is 3. The number of nitrogens with two attached hydrogens (primary N) is 1. The molecule has 1 saturated heterocycles. The van der Waals surface area contributed by atoms with Gasteiger partial charge in [0, 0.05) is 13.1 Å². The van der Waals surface area contributed by atoms with Gasteiger partial charge >= 0.3 is 0 Å². The van der Waals surface area contributed by atoms with Crippen molar-refractivity contribution in [2.24, 2.45) is 5.84 Å². The van der Waals surface area contributed by atoms with E-state index in [0.717, 1.165) is 31.7 Å². The first-order valence-corrected chi connectivity index (χ1v) is 7.19. The zero-order valence-electron chi connectivity index (χ0n) is 12.3. The highest BCUT2D eigenvalue weighted by molar-refractivity contribution is 5.94. The fraction of sp³-hybridized carbons (Fsp3) is 0.643. The maximum Gasteiger partial charge on any atom is 0.268 e. The topological polar surface area (TPSA) is 101 Å². The first-order chi connectivity index (χ1) is 10.1. The Bertz CT molecular complexity index is 467. The van der Waals surface area contributed by atoms with Gasteiger partial charge in [0.2, 0.25) is 0 Å². The third-order valence-corrected chi connectivity index (χ3v) is 3.70. The number of nitrogens with one attached hydrogen (secondary N) is 1. The molecule has 118 valence electrons. The molecule has 0 radical (unpaired) electrons. The molecule has 1 aliphatic heterocycles. The van der Waals surface area contributed by atoms with Crippen LogP contribution in [0.25, 0.3) is 0 Å². The van der Waals surface area contributed by atoms with Crippen LogP contribution in [0.4, 0.5) is 0 Å². The number of piperidine rings is 1. The van der Waals surface area contributed by atoms with Crippen LogP contribution in [0, 0.1) is 6.92 Å². The Labute approximate surface area is 124 Å². The Kier molecular flexibility index (Phi) is 5.75. The lowest BCUT2D eigenvalue weighted by Gasteiger charge is -2.31. The van der Waals surface area contributed by atoms with Gasteiger partial charge in [0.05, 0.1) is 31.4 Å². The second-order valence-electron chi connectivity index (χ2n) is 5.23. The van der Waals surface area contributed by atoms with Crippen LogP contribution < -0.4 is 11.3 Å². The number of aliphatic hydroxyl groups is 1. The van der Waals surface area contributed by atoms with Crippen molar-refractivity contribution in [3.05, 3.63) is 23.2 Å². The number of aryl methyl sites for hydroxylation is 1. The van der Waals surface area contributed by atoms with E-state index in [2.05, 4.69) is 10.3 Å². The third kappa shape index (κ3) is 4.28. The number of amides is 1. The Morgan fingerprint density at radius 1 is 1.57 bits per heavy atom. The maximum atomic E-state index is 11.5. The summed E-state index contributed by atoms with van der Waals surface area (Å²) in [7, 11) is 0. The summed E-state index contributed by atoms with van der Waals surface area (Å²) < 4.78 is 11.1. The molecule has 0 unspecified atom stereocenters. The molecule has 21 heavy (non-hydrogen) atoms. The lowest BCUT2D eigenvalue weighted by molar-refractivity contribution is -0.00994. The molecule has 0 saturated carbocycles. The molecule has 7 heteroatoms. The monoisotopic (exact) mass is 297 g/mol. The Balaban J connectivity index is 1.85. The zero-order chi connectivity index (χ0) is 15.2. The van der Waals surface area contributed by atoms with E-state index in [9.17, 15) is 4.79 Å². The van der Waals surface area contributed by atoms with Crippen molar-refractivity contribution in [3.63, 3.8) is 0 Å². The molecule has 7 nitrogen and oxygen atoms in total.